The van der Waals surface area contributed by atoms with E-state index in [-0.39, 0.29) is 24.5 Å². The van der Waals surface area contributed by atoms with Crippen molar-refractivity contribution in [1.82, 2.24) is 30.6 Å². The summed E-state index contributed by atoms with van der Waals surface area (Å²) in [5, 5.41) is 19.0. The molecule has 168 valence electrons. The first-order chi connectivity index (χ1) is 15.2. The molecule has 4 aromatic rings. The Bertz CT molecular complexity index is 1510. The monoisotopic (exact) mass is 477 g/mol. The molecule has 2 aromatic heterocycles. The maximum Gasteiger partial charge on any atom is 0.240 e. The van der Waals surface area contributed by atoms with E-state index in [9.17, 15) is 16.8 Å². The molecule has 2 heterocycles. The van der Waals surface area contributed by atoms with Crippen molar-refractivity contribution in [2.45, 2.75) is 16.3 Å². The number of imidazole rings is 1. The largest absolute Gasteiger partial charge is 0.341 e. The third kappa shape index (κ3) is 3.76. The van der Waals surface area contributed by atoms with Crippen molar-refractivity contribution < 1.29 is 16.8 Å². The minimum absolute atomic E-state index is 0.121. The molecular formula is C17H19N9O4S2. The van der Waals surface area contributed by atoms with Gasteiger partial charge in [0.15, 0.2) is 9.84 Å². The Kier molecular flexibility index (Phi) is 5.51. The number of nitrogens with two attached hydrogens (primary N) is 3. The predicted molar refractivity (Wildman–Crippen MR) is 115 cm³/mol. The van der Waals surface area contributed by atoms with Crippen molar-refractivity contribution in [3.63, 3.8) is 0 Å². The van der Waals surface area contributed by atoms with Gasteiger partial charge in [-0.1, -0.05) is 18.2 Å². The molecule has 0 aliphatic carbocycles. The fourth-order valence-electron chi connectivity index (χ4n) is 3.47. The first kappa shape index (κ1) is 22.0. The number of nitrogens with one attached hydrogen (secondary N) is 2. The number of para-hydroxylation sites is 1. The molecule has 13 nitrogen and oxygen atoms in total. The summed E-state index contributed by atoms with van der Waals surface area (Å²) < 4.78 is 51.0. The third-order valence-corrected chi connectivity index (χ3v) is 7.65. The number of hydrogen-bond donors (Lipinski definition) is 5. The summed E-state index contributed by atoms with van der Waals surface area (Å²) in [6.07, 6.45) is 0. The third-order valence-electron chi connectivity index (χ3n) is 4.74. The molecule has 0 unspecified atom stereocenters. The van der Waals surface area contributed by atoms with Crippen LogP contribution in [-0.2, 0) is 26.4 Å². The van der Waals surface area contributed by atoms with Gasteiger partial charge in [0.05, 0.1) is 33.8 Å². The lowest BCUT2D eigenvalue weighted by molar-refractivity contribution is 0.583. The molecule has 0 fully saturated rings. The minimum atomic E-state index is -4.56. The fourth-order valence-corrected chi connectivity index (χ4v) is 6.22. The zero-order chi connectivity index (χ0) is 23.1. The van der Waals surface area contributed by atoms with Crippen LogP contribution in [0.3, 0.4) is 0 Å². The zero-order valence-corrected chi connectivity index (χ0v) is 18.1. The van der Waals surface area contributed by atoms with Crippen molar-refractivity contribution in [2.24, 2.45) is 16.6 Å². The molecule has 0 spiro atoms. The van der Waals surface area contributed by atoms with Gasteiger partial charge in [0.1, 0.15) is 10.7 Å². The van der Waals surface area contributed by atoms with Crippen molar-refractivity contribution >= 4 is 30.9 Å². The highest BCUT2D eigenvalue weighted by atomic mass is 32.2. The maximum atomic E-state index is 12.8. The minimum Gasteiger partial charge on any atom is -0.341 e. The Hall–Kier alpha value is -3.24. The number of rotatable bonds is 7. The van der Waals surface area contributed by atoms with Gasteiger partial charge in [-0.15, -0.1) is 10.2 Å². The molecule has 0 aliphatic heterocycles. The standard InChI is InChI=1S/C17H19N9O4S2/c18-6-7-31(27,28)12-5-4-9(10-2-1-3-11-15(10)22-13(8-19)21-11)14(16(12)32(20,29)30)17-23-25-26-24-17/h1-5H,6-8,18-19H2,(H,21,22)(H2,20,29,30)(H,23,24,25,26). The van der Waals surface area contributed by atoms with Crippen LogP contribution >= 0.6 is 0 Å². The number of benzene rings is 2. The van der Waals surface area contributed by atoms with E-state index in [1.807, 2.05) is 0 Å². The van der Waals surface area contributed by atoms with E-state index in [0.717, 1.165) is 0 Å². The van der Waals surface area contributed by atoms with Crippen LogP contribution in [0.2, 0.25) is 0 Å². The second kappa shape index (κ2) is 8.03. The fraction of sp³-hybridized carbons (Fsp3) is 0.176. The average molecular weight is 478 g/mol. The molecule has 0 amide bonds. The molecule has 8 N–H and O–H groups in total. The van der Waals surface area contributed by atoms with Gasteiger partial charge in [-0.25, -0.2) is 27.0 Å². The Morgan fingerprint density at radius 3 is 2.41 bits per heavy atom. The lowest BCUT2D eigenvalue weighted by Gasteiger charge is -2.16. The van der Waals surface area contributed by atoms with E-state index >= 15 is 0 Å². The van der Waals surface area contributed by atoms with Gasteiger partial charge in [0.2, 0.25) is 15.8 Å². The number of aromatic amines is 2. The molecule has 0 atom stereocenters. The molecule has 32 heavy (non-hydrogen) atoms. The molecule has 0 radical (unpaired) electrons. The molecule has 0 saturated heterocycles. The van der Waals surface area contributed by atoms with Crippen LogP contribution in [0.1, 0.15) is 5.82 Å². The summed E-state index contributed by atoms with van der Waals surface area (Å²) >= 11 is 0. The molecule has 0 bridgehead atoms. The van der Waals surface area contributed by atoms with Crippen molar-refractivity contribution in [3.05, 3.63) is 36.2 Å². The highest BCUT2D eigenvalue weighted by molar-refractivity contribution is 7.93. The van der Waals surface area contributed by atoms with E-state index in [1.54, 1.807) is 18.2 Å². The van der Waals surface area contributed by atoms with Gasteiger partial charge in [0, 0.05) is 12.1 Å². The van der Waals surface area contributed by atoms with Crippen molar-refractivity contribution in [3.8, 4) is 22.5 Å². The summed E-state index contributed by atoms with van der Waals surface area (Å²) in [4.78, 5) is 6.39. The molecular weight excluding hydrogens is 458 g/mol. The Labute approximate surface area is 182 Å². The summed E-state index contributed by atoms with van der Waals surface area (Å²) in [6.45, 7) is -0.0509. The molecule has 15 heteroatoms. The number of H-pyrrole nitrogens is 2. The van der Waals surface area contributed by atoms with E-state index < -0.39 is 35.4 Å². The van der Waals surface area contributed by atoms with Gasteiger partial charge in [-0.2, -0.15) is 5.21 Å². The molecule has 0 aliphatic rings. The highest BCUT2D eigenvalue weighted by Gasteiger charge is 2.32. The van der Waals surface area contributed by atoms with E-state index in [1.165, 1.54) is 12.1 Å². The van der Waals surface area contributed by atoms with Crippen molar-refractivity contribution in [2.75, 3.05) is 12.3 Å². The van der Waals surface area contributed by atoms with Gasteiger partial charge in [-0.05, 0) is 22.9 Å². The van der Waals surface area contributed by atoms with E-state index in [2.05, 4.69) is 30.6 Å². The second-order valence-corrected chi connectivity index (χ2v) is 10.4. The van der Waals surface area contributed by atoms with Crippen LogP contribution in [-0.4, -0.2) is 59.7 Å². The van der Waals surface area contributed by atoms with Crippen LogP contribution in [0, 0.1) is 0 Å². The van der Waals surface area contributed by atoms with Gasteiger partial charge >= 0.3 is 0 Å². The number of tetrazole rings is 1. The molecule has 2 aromatic carbocycles. The number of sulfonamides is 1. The summed E-state index contributed by atoms with van der Waals surface area (Å²) in [7, 11) is -8.65. The van der Waals surface area contributed by atoms with Crippen LogP contribution in [0.15, 0.2) is 40.1 Å². The maximum absolute atomic E-state index is 12.8. The van der Waals surface area contributed by atoms with Gasteiger partial charge in [-0.3, -0.25) is 0 Å². The SMILES string of the molecule is NCCS(=O)(=O)c1ccc(-c2cccc3[nH]c(CN)nc23)c(-c2nn[nH]n2)c1S(N)(=O)=O. The number of nitrogens with zero attached hydrogens (tertiary/aromatic N) is 4. The summed E-state index contributed by atoms with van der Waals surface area (Å²) in [5.41, 5.74) is 12.9. The van der Waals surface area contributed by atoms with Crippen LogP contribution < -0.4 is 16.6 Å². The van der Waals surface area contributed by atoms with Crippen LogP contribution in [0.25, 0.3) is 33.5 Å². The first-order valence-corrected chi connectivity index (χ1v) is 12.4. The zero-order valence-electron chi connectivity index (χ0n) is 16.5. The number of hydrogen-bond acceptors (Lipinski definition) is 10. The summed E-state index contributed by atoms with van der Waals surface area (Å²) in [6, 6.07) is 7.84. The summed E-state index contributed by atoms with van der Waals surface area (Å²) in [5.74, 6) is -0.113. The normalized spacial score (nSPS) is 12.5. The van der Waals surface area contributed by atoms with Crippen molar-refractivity contribution in [1.29, 1.82) is 0 Å². The number of sulfone groups is 1. The second-order valence-electron chi connectivity index (χ2n) is 6.79. The van der Waals surface area contributed by atoms with E-state index in [0.29, 0.717) is 28.0 Å². The number of aromatic nitrogens is 6. The smallest absolute Gasteiger partial charge is 0.240 e. The molecule has 0 saturated carbocycles. The quantitative estimate of drug-likeness (QED) is 0.223. The number of primary sulfonamides is 1. The topological polar surface area (TPSA) is 229 Å². The van der Waals surface area contributed by atoms with Crippen LogP contribution in [0.5, 0.6) is 0 Å². The van der Waals surface area contributed by atoms with E-state index in [4.69, 9.17) is 16.6 Å². The Morgan fingerprint density at radius 1 is 1.00 bits per heavy atom. The lowest BCUT2D eigenvalue weighted by Crippen LogP contribution is -2.22. The van der Waals surface area contributed by atoms with Gasteiger partial charge < -0.3 is 16.5 Å². The van der Waals surface area contributed by atoms with Crippen LogP contribution in [0.4, 0.5) is 0 Å². The van der Waals surface area contributed by atoms with Gasteiger partial charge in [0.25, 0.3) is 0 Å². The Morgan fingerprint density at radius 2 is 1.78 bits per heavy atom. The lowest BCUT2D eigenvalue weighted by atomic mass is 9.98. The predicted octanol–water partition coefficient (Wildman–Crippen LogP) is -0.751. The first-order valence-electron chi connectivity index (χ1n) is 9.22. The number of fused-ring (bicyclic) bond motifs is 1. The Balaban J connectivity index is 2.16. The highest BCUT2D eigenvalue weighted by Crippen LogP contribution is 2.40. The average Bonchev–Trinajstić information content (AvgIpc) is 3.41. The molecule has 4 rings (SSSR count).